The average molecular weight is 1130 g/mol. The Morgan fingerprint density at radius 3 is 1.52 bits per heavy atom. The van der Waals surface area contributed by atoms with Crippen molar-refractivity contribution in [2.24, 2.45) is 5.73 Å². The number of benzene rings is 1. The highest BCUT2D eigenvalue weighted by Gasteiger charge is 2.41. The minimum Gasteiger partial charge on any atom is -0.480 e. The van der Waals surface area contributed by atoms with Gasteiger partial charge in [0.15, 0.2) is 0 Å². The van der Waals surface area contributed by atoms with Gasteiger partial charge in [-0.1, -0.05) is 18.2 Å². The number of amides is 8. The summed E-state index contributed by atoms with van der Waals surface area (Å²) >= 11 is 0. The second-order valence-electron chi connectivity index (χ2n) is 19.3. The van der Waals surface area contributed by atoms with E-state index >= 15 is 0 Å². The van der Waals surface area contributed by atoms with E-state index in [4.69, 9.17) is 5.73 Å². The van der Waals surface area contributed by atoms with Crippen molar-refractivity contribution in [2.75, 3.05) is 19.7 Å². The minimum absolute atomic E-state index is 0.0307. The number of carboxylic acid groups (broad SMARTS) is 1. The monoisotopic (exact) mass is 1130 g/mol. The molecule has 1 aromatic carbocycles. The Balaban J connectivity index is 0.934. The Morgan fingerprint density at radius 2 is 1.04 bits per heavy atom. The number of nitrogens with two attached hydrogens (primary N) is 1. The van der Waals surface area contributed by atoms with Crippen molar-refractivity contribution in [3.63, 3.8) is 0 Å². The molecular formula is C51H62N20O11. The number of rotatable bonds is 29. The van der Waals surface area contributed by atoms with E-state index in [-0.39, 0.29) is 51.5 Å². The maximum absolute atomic E-state index is 14.7. The van der Waals surface area contributed by atoms with E-state index < -0.39 is 115 Å². The molecule has 7 aromatic rings. The van der Waals surface area contributed by atoms with Crippen LogP contribution in [0.3, 0.4) is 0 Å². The number of aliphatic hydroxyl groups is 1. The Morgan fingerprint density at radius 1 is 0.561 bits per heavy atom. The number of aliphatic carboxylic acids is 1. The van der Waals surface area contributed by atoms with Gasteiger partial charge in [0.2, 0.25) is 47.3 Å². The molecule has 0 saturated carbocycles. The van der Waals surface area contributed by atoms with Crippen molar-refractivity contribution >= 4 is 64.1 Å². The number of aliphatic hydroxyl groups excluding tert-OH is 1. The molecule has 1 fully saturated rings. The molecule has 0 bridgehead atoms. The number of carbonyl (C=O) groups is 9. The van der Waals surface area contributed by atoms with Crippen LogP contribution in [0.2, 0.25) is 0 Å². The van der Waals surface area contributed by atoms with E-state index in [0.717, 1.165) is 10.9 Å². The highest BCUT2D eigenvalue weighted by Crippen LogP contribution is 2.21. The van der Waals surface area contributed by atoms with Crippen LogP contribution in [0.4, 0.5) is 0 Å². The molecular weight excluding hydrogens is 1070 g/mol. The normalized spacial score (nSPS) is 15.7. The molecule has 8 rings (SSSR count). The number of fused-ring (bicyclic) bond motifs is 1. The number of aromatic nitrogens is 11. The molecule has 1 saturated heterocycles. The smallest absolute Gasteiger partial charge is 0.326 e. The summed E-state index contributed by atoms with van der Waals surface area (Å²) in [4.78, 5) is 163. The quantitative estimate of drug-likeness (QED) is 0.0212. The van der Waals surface area contributed by atoms with Crippen LogP contribution in [-0.4, -0.2) is 191 Å². The van der Waals surface area contributed by atoms with Gasteiger partial charge in [0.1, 0.15) is 42.3 Å². The summed E-state index contributed by atoms with van der Waals surface area (Å²) in [5.74, 6) is -7.97. The fourth-order valence-corrected chi connectivity index (χ4v) is 9.31. The maximum Gasteiger partial charge on any atom is 0.326 e. The number of likely N-dealkylation sites (tertiary alicyclic amines) is 1. The first-order valence-corrected chi connectivity index (χ1v) is 26.0. The third-order valence-corrected chi connectivity index (χ3v) is 13.5. The summed E-state index contributed by atoms with van der Waals surface area (Å²) < 4.78 is 0. The van der Waals surface area contributed by atoms with Gasteiger partial charge >= 0.3 is 5.97 Å². The summed E-state index contributed by atoms with van der Waals surface area (Å²) in [7, 11) is 0. The molecule has 31 nitrogen and oxygen atoms in total. The maximum atomic E-state index is 14.7. The molecule has 0 radical (unpaired) electrons. The average Bonchev–Trinajstić information content (AvgIpc) is 4.51. The molecule has 7 heterocycles. The van der Waals surface area contributed by atoms with Crippen molar-refractivity contribution in [3.05, 3.63) is 127 Å². The fraction of sp³-hybridized carbons (Fsp3) is 0.373. The van der Waals surface area contributed by atoms with Gasteiger partial charge in [-0.2, -0.15) is 0 Å². The van der Waals surface area contributed by atoms with Gasteiger partial charge in [0, 0.05) is 93.2 Å². The van der Waals surface area contributed by atoms with Crippen LogP contribution in [0, 0.1) is 0 Å². The number of nitrogens with one attached hydrogen (secondary N) is 13. The van der Waals surface area contributed by atoms with Gasteiger partial charge in [-0.05, 0) is 24.5 Å². The number of carboxylic acids is 1. The lowest BCUT2D eigenvalue weighted by Crippen LogP contribution is -2.61. The first-order valence-electron chi connectivity index (χ1n) is 26.0. The lowest BCUT2D eigenvalue weighted by Gasteiger charge is -2.30. The van der Waals surface area contributed by atoms with Crippen LogP contribution in [0.25, 0.3) is 10.9 Å². The molecule has 8 amide bonds. The fourth-order valence-electron chi connectivity index (χ4n) is 9.31. The number of carbonyl (C=O) groups excluding carboxylic acids is 8. The first-order chi connectivity index (χ1) is 39.6. The molecule has 8 atom stereocenters. The third kappa shape index (κ3) is 15.6. The molecule has 31 heteroatoms. The number of aromatic amines is 6. The summed E-state index contributed by atoms with van der Waals surface area (Å²) in [6.45, 7) is -1.60. The molecule has 17 N–H and O–H groups in total. The molecule has 82 heavy (non-hydrogen) atoms. The number of hydrogen-bond acceptors (Lipinski definition) is 16. The van der Waals surface area contributed by atoms with Crippen LogP contribution < -0.4 is 43.0 Å². The molecule has 0 spiro atoms. The van der Waals surface area contributed by atoms with E-state index in [1.54, 1.807) is 24.5 Å². The zero-order chi connectivity index (χ0) is 58.1. The highest BCUT2D eigenvalue weighted by molar-refractivity contribution is 5.98. The van der Waals surface area contributed by atoms with E-state index in [0.29, 0.717) is 40.5 Å². The topological polar surface area (TPSA) is 467 Å². The summed E-state index contributed by atoms with van der Waals surface area (Å²) in [6.07, 6.45) is 15.8. The van der Waals surface area contributed by atoms with Crippen molar-refractivity contribution in [3.8, 4) is 0 Å². The standard InChI is InChI=1S/C51H62N20O11/c52-34(9-28-15-53-22-60-28)44(74)66-36(10-29-16-54-23-61-29)46(76)67-37(11-30-17-55-24-62-30)47(77)68-38(12-31-18-56-25-63-31)48(78)69-39(13-32-19-57-26-64-32)50(80)71-7-3-6-42(71)49(79)70-41(21-72)45(75)59-20-43(73)65-40(51(81)82)8-27-14-58-35-5-2-1-4-33(27)35/h1-2,4-5,14-19,22-26,34,36-42,58,72H,3,6-13,20-21,52H2,(H,53,60)(H,54,61)(H,55,62)(H,56,63)(H,57,64)(H,59,75)(H,65,73)(H,66,74)(H,67,76)(H,68,77)(H,69,78)(H,70,79)(H,81,82)/t34-,36-,37-,38-,39-,40-,41-,42-/m0/s1. The van der Waals surface area contributed by atoms with Crippen molar-refractivity contribution in [1.82, 2.24) is 96.9 Å². The van der Waals surface area contributed by atoms with Crippen LogP contribution in [0.1, 0.15) is 46.9 Å². The van der Waals surface area contributed by atoms with Crippen LogP contribution in [0.5, 0.6) is 0 Å². The molecule has 0 unspecified atom stereocenters. The number of para-hydroxylation sites is 1. The Labute approximate surface area is 465 Å². The van der Waals surface area contributed by atoms with E-state index in [2.05, 4.69) is 92.0 Å². The van der Waals surface area contributed by atoms with E-state index in [1.807, 2.05) is 12.1 Å². The molecule has 432 valence electrons. The van der Waals surface area contributed by atoms with Gasteiger partial charge in [-0.3, -0.25) is 38.4 Å². The number of H-pyrrole nitrogens is 6. The summed E-state index contributed by atoms with van der Waals surface area (Å²) in [6, 6.07) is -3.70. The zero-order valence-corrected chi connectivity index (χ0v) is 43.9. The highest BCUT2D eigenvalue weighted by atomic mass is 16.4. The second-order valence-corrected chi connectivity index (χ2v) is 19.3. The Kier molecular flexibility index (Phi) is 19.6. The molecule has 1 aliphatic heterocycles. The minimum atomic E-state index is -1.61. The van der Waals surface area contributed by atoms with Crippen LogP contribution in [0.15, 0.2) is 93.1 Å². The Hall–Kier alpha value is -10.0. The number of hydrogen-bond donors (Lipinski definition) is 16. The predicted octanol–water partition coefficient (Wildman–Crippen LogP) is -4.04. The SMILES string of the molecule is N[C@@H](Cc1c[nH]cn1)C(=O)N[C@@H](Cc1c[nH]cn1)C(=O)N[C@@H](Cc1c[nH]cn1)C(=O)N[C@@H](Cc1c[nH]cn1)C(=O)N[C@@H](Cc1c[nH]cn1)C(=O)N1CCC[C@H]1C(=O)N[C@@H](CO)C(=O)NCC(=O)N[C@@H](Cc1c[nH]c2ccccc12)C(=O)O. The number of nitrogens with zero attached hydrogens (tertiary/aromatic N) is 6. The second kappa shape index (κ2) is 27.7. The van der Waals surface area contributed by atoms with Gasteiger partial charge < -0.3 is 88.0 Å². The van der Waals surface area contributed by atoms with Gasteiger partial charge in [-0.25, -0.2) is 29.7 Å². The molecule has 6 aromatic heterocycles. The van der Waals surface area contributed by atoms with Crippen molar-refractivity contribution < 1.29 is 53.4 Å². The molecule has 1 aliphatic rings. The zero-order valence-electron chi connectivity index (χ0n) is 43.9. The molecule has 0 aliphatic carbocycles. The lowest BCUT2D eigenvalue weighted by molar-refractivity contribution is -0.142. The van der Waals surface area contributed by atoms with E-state index in [1.165, 1.54) is 61.3 Å². The summed E-state index contributed by atoms with van der Waals surface area (Å²) in [5.41, 5.74) is 9.53. The van der Waals surface area contributed by atoms with Gasteiger partial charge in [0.25, 0.3) is 0 Å². The summed E-state index contributed by atoms with van der Waals surface area (Å²) in [5, 5.41) is 38.8. The number of imidazole rings is 5. The predicted molar refractivity (Wildman–Crippen MR) is 285 cm³/mol. The van der Waals surface area contributed by atoms with Crippen molar-refractivity contribution in [2.45, 2.75) is 99.7 Å². The van der Waals surface area contributed by atoms with Crippen LogP contribution in [-0.2, 0) is 81.7 Å². The van der Waals surface area contributed by atoms with E-state index in [9.17, 15) is 53.4 Å². The van der Waals surface area contributed by atoms with Crippen molar-refractivity contribution in [1.29, 1.82) is 0 Å². The largest absolute Gasteiger partial charge is 0.480 e. The first kappa shape index (κ1) is 58.1. The Bertz CT molecular complexity index is 3260. The van der Waals surface area contributed by atoms with Gasteiger partial charge in [0.05, 0.1) is 79.3 Å². The van der Waals surface area contributed by atoms with Gasteiger partial charge in [-0.15, -0.1) is 0 Å². The third-order valence-electron chi connectivity index (χ3n) is 13.5. The van der Waals surface area contributed by atoms with Crippen LogP contribution >= 0.6 is 0 Å². The lowest BCUT2D eigenvalue weighted by atomic mass is 10.0.